The van der Waals surface area contributed by atoms with Gasteiger partial charge in [-0.2, -0.15) is 18.1 Å². The Morgan fingerprint density at radius 1 is 1.07 bits per heavy atom. The van der Waals surface area contributed by atoms with Crippen molar-refractivity contribution < 1.29 is 37.2 Å². The molecule has 0 amide bonds. The van der Waals surface area contributed by atoms with Gasteiger partial charge in [-0.05, 0) is 43.0 Å². The zero-order chi connectivity index (χ0) is 18.9. The molecule has 2 unspecified atom stereocenters. The van der Waals surface area contributed by atoms with Gasteiger partial charge in [0, 0.05) is 0 Å². The number of fused-ring (bicyclic) bond motifs is 1. The van der Waals surface area contributed by atoms with Crippen molar-refractivity contribution in [2.75, 3.05) is 0 Å². The summed E-state index contributed by atoms with van der Waals surface area (Å²) in [5.41, 5.74) is -0.779. The van der Waals surface area contributed by atoms with E-state index in [0.717, 1.165) is 31.4 Å². The molecule has 1 aromatic rings. The Morgan fingerprint density at radius 2 is 1.85 bits per heavy atom. The average molecular weight is 382 g/mol. The standard InChI is InChI=1S/C19H17F3O5/c20-19(21,22)12-6-4-11(5-7-12)14-10-18-13(16(23)24-14)9-17(26-27-18)8-2-1-3-15(17)25-18/h4-7,9,14-15H,1-3,8,10H2/t14?,15?,17-,18+/m1/s1. The Hall–Kier alpha value is -1.90. The highest BCUT2D eigenvalue weighted by Gasteiger charge is 2.64. The van der Waals surface area contributed by atoms with Crippen LogP contribution in [0.4, 0.5) is 13.2 Å². The lowest BCUT2D eigenvalue weighted by Crippen LogP contribution is -2.66. The maximum Gasteiger partial charge on any atom is 0.416 e. The zero-order valence-corrected chi connectivity index (χ0v) is 14.3. The van der Waals surface area contributed by atoms with Gasteiger partial charge in [-0.15, -0.1) is 0 Å². The number of benzene rings is 1. The second kappa shape index (κ2) is 5.56. The van der Waals surface area contributed by atoms with Crippen LogP contribution in [0.1, 0.15) is 49.3 Å². The van der Waals surface area contributed by atoms with Crippen molar-refractivity contribution in [3.8, 4) is 0 Å². The van der Waals surface area contributed by atoms with Crippen LogP contribution < -0.4 is 0 Å². The van der Waals surface area contributed by atoms with Crippen molar-refractivity contribution in [1.29, 1.82) is 0 Å². The first-order chi connectivity index (χ1) is 12.8. The molecule has 27 heavy (non-hydrogen) atoms. The van der Waals surface area contributed by atoms with E-state index < -0.39 is 35.2 Å². The summed E-state index contributed by atoms with van der Waals surface area (Å²) in [5.74, 6) is -1.95. The highest BCUT2D eigenvalue weighted by atomic mass is 19.4. The quantitative estimate of drug-likeness (QED) is 0.543. The highest BCUT2D eigenvalue weighted by molar-refractivity contribution is 5.92. The predicted octanol–water partition coefficient (Wildman–Crippen LogP) is 3.99. The van der Waals surface area contributed by atoms with Crippen LogP contribution in [0.3, 0.4) is 0 Å². The van der Waals surface area contributed by atoms with E-state index in [4.69, 9.17) is 19.2 Å². The summed E-state index contributed by atoms with van der Waals surface area (Å²) >= 11 is 0. The summed E-state index contributed by atoms with van der Waals surface area (Å²) in [6.07, 6.45) is -0.0598. The van der Waals surface area contributed by atoms with E-state index in [1.165, 1.54) is 12.1 Å². The van der Waals surface area contributed by atoms with E-state index in [2.05, 4.69) is 0 Å². The molecule has 1 aliphatic carbocycles. The van der Waals surface area contributed by atoms with Crippen molar-refractivity contribution in [2.24, 2.45) is 0 Å². The molecule has 2 spiro atoms. The van der Waals surface area contributed by atoms with Gasteiger partial charge in [-0.1, -0.05) is 18.6 Å². The number of hydrogen-bond acceptors (Lipinski definition) is 5. The molecule has 6 rings (SSSR count). The fourth-order valence-electron chi connectivity index (χ4n) is 4.39. The molecule has 4 heterocycles. The minimum atomic E-state index is -4.42. The van der Waals surface area contributed by atoms with E-state index in [9.17, 15) is 18.0 Å². The number of carbonyl (C=O) groups excluding carboxylic acids is 1. The third kappa shape index (κ3) is 2.54. The lowest BCUT2D eigenvalue weighted by atomic mass is 9.75. The fourth-order valence-corrected chi connectivity index (χ4v) is 4.39. The van der Waals surface area contributed by atoms with E-state index in [1.807, 2.05) is 0 Å². The van der Waals surface area contributed by atoms with Crippen LogP contribution in [0.25, 0.3) is 0 Å². The number of esters is 1. The molecular weight excluding hydrogens is 365 g/mol. The number of carbonyl (C=O) groups is 1. The molecule has 5 nitrogen and oxygen atoms in total. The van der Waals surface area contributed by atoms with Crippen molar-refractivity contribution >= 4 is 5.97 Å². The van der Waals surface area contributed by atoms with Gasteiger partial charge in [0.15, 0.2) is 0 Å². The fraction of sp³-hybridized carbons (Fsp3) is 0.526. The molecule has 4 aliphatic heterocycles. The van der Waals surface area contributed by atoms with Crippen LogP contribution in [0.5, 0.6) is 0 Å². The van der Waals surface area contributed by atoms with Crippen LogP contribution in [-0.2, 0) is 30.2 Å². The molecule has 4 atom stereocenters. The Balaban J connectivity index is 1.46. The third-order valence-electron chi connectivity index (χ3n) is 5.83. The predicted molar refractivity (Wildman–Crippen MR) is 84.0 cm³/mol. The number of cyclic esters (lactones) is 1. The maximum atomic E-state index is 12.8. The number of alkyl halides is 3. The number of ether oxygens (including phenoxy) is 2. The van der Waals surface area contributed by atoms with Gasteiger partial charge in [0.05, 0.1) is 23.7 Å². The Kier molecular flexibility index (Phi) is 3.54. The summed E-state index contributed by atoms with van der Waals surface area (Å²) in [7, 11) is 0. The van der Waals surface area contributed by atoms with Gasteiger partial charge in [-0.3, -0.25) is 0 Å². The van der Waals surface area contributed by atoms with Gasteiger partial charge in [0.2, 0.25) is 5.79 Å². The lowest BCUT2D eigenvalue weighted by molar-refractivity contribution is -0.527. The first-order valence-corrected chi connectivity index (χ1v) is 8.98. The van der Waals surface area contributed by atoms with Crippen LogP contribution in [-0.4, -0.2) is 23.5 Å². The summed E-state index contributed by atoms with van der Waals surface area (Å²) in [6.45, 7) is 0. The molecule has 144 valence electrons. The molecule has 3 fully saturated rings. The number of rotatable bonds is 1. The Morgan fingerprint density at radius 3 is 2.59 bits per heavy atom. The minimum Gasteiger partial charge on any atom is -0.454 e. The van der Waals surface area contributed by atoms with E-state index in [-0.39, 0.29) is 18.1 Å². The highest BCUT2D eigenvalue weighted by Crippen LogP contribution is 2.55. The van der Waals surface area contributed by atoms with Gasteiger partial charge < -0.3 is 9.47 Å². The second-order valence-corrected chi connectivity index (χ2v) is 7.50. The van der Waals surface area contributed by atoms with Gasteiger partial charge >= 0.3 is 12.1 Å². The molecular formula is C19H17F3O5. The molecule has 2 saturated heterocycles. The average Bonchev–Trinajstić information content (AvgIpc) is 2.66. The Labute approximate surface area is 153 Å². The zero-order valence-electron chi connectivity index (χ0n) is 14.3. The van der Waals surface area contributed by atoms with E-state index >= 15 is 0 Å². The van der Waals surface area contributed by atoms with E-state index in [0.29, 0.717) is 12.0 Å². The molecule has 0 N–H and O–H groups in total. The molecule has 1 aromatic carbocycles. The molecule has 8 heteroatoms. The molecule has 1 saturated carbocycles. The molecule has 0 radical (unpaired) electrons. The van der Waals surface area contributed by atoms with Crippen molar-refractivity contribution in [3.05, 3.63) is 47.0 Å². The summed E-state index contributed by atoms with van der Waals surface area (Å²) in [4.78, 5) is 23.8. The van der Waals surface area contributed by atoms with Gasteiger partial charge in [-0.25, -0.2) is 9.68 Å². The number of hydrogen-bond donors (Lipinski definition) is 0. The summed E-state index contributed by atoms with van der Waals surface area (Å²) < 4.78 is 50.0. The maximum absolute atomic E-state index is 12.8. The van der Waals surface area contributed by atoms with Crippen molar-refractivity contribution in [2.45, 2.75) is 61.9 Å². The third-order valence-corrected chi connectivity index (χ3v) is 5.83. The van der Waals surface area contributed by atoms with Crippen LogP contribution in [0.15, 0.2) is 35.9 Å². The second-order valence-electron chi connectivity index (χ2n) is 7.50. The minimum absolute atomic E-state index is 0.127. The topological polar surface area (TPSA) is 54.0 Å². The first kappa shape index (κ1) is 17.2. The Bertz CT molecular complexity index is 818. The molecule has 2 bridgehead atoms. The summed E-state index contributed by atoms with van der Waals surface area (Å²) in [5, 5.41) is 0. The molecule has 0 aromatic heterocycles. The van der Waals surface area contributed by atoms with Gasteiger partial charge in [0.25, 0.3) is 0 Å². The largest absolute Gasteiger partial charge is 0.454 e. The SMILES string of the molecule is O=C1OC(c2ccc(C(F)(F)F)cc2)C[C@]23OO[C@@]4(C=C12)CCCCC4O3. The monoisotopic (exact) mass is 382 g/mol. The lowest BCUT2D eigenvalue weighted by Gasteiger charge is -2.56. The van der Waals surface area contributed by atoms with Crippen molar-refractivity contribution in [3.63, 3.8) is 0 Å². The van der Waals surface area contributed by atoms with Crippen LogP contribution in [0.2, 0.25) is 0 Å². The van der Waals surface area contributed by atoms with Crippen LogP contribution in [0, 0.1) is 0 Å². The van der Waals surface area contributed by atoms with Crippen LogP contribution >= 0.6 is 0 Å². The van der Waals surface area contributed by atoms with Gasteiger partial charge in [0.1, 0.15) is 11.7 Å². The molecule has 5 aliphatic rings. The normalized spacial score (nSPS) is 37.9. The summed E-state index contributed by atoms with van der Waals surface area (Å²) in [6, 6.07) is 4.56. The smallest absolute Gasteiger partial charge is 0.416 e. The first-order valence-electron chi connectivity index (χ1n) is 8.98. The van der Waals surface area contributed by atoms with E-state index in [1.54, 1.807) is 6.08 Å². The van der Waals surface area contributed by atoms with Crippen molar-refractivity contribution in [1.82, 2.24) is 0 Å². The number of halogens is 3.